The van der Waals surface area contributed by atoms with Gasteiger partial charge in [0.2, 0.25) is 0 Å². The highest BCUT2D eigenvalue weighted by Crippen LogP contribution is 2.34. The first-order chi connectivity index (χ1) is 16.0. The number of rotatable bonds is 7. The van der Waals surface area contributed by atoms with Gasteiger partial charge < -0.3 is 25.0 Å². The minimum Gasteiger partial charge on any atom is -0.494 e. The highest BCUT2D eigenvalue weighted by atomic mass is 35.5. The molecule has 0 spiro atoms. The fourth-order valence-corrected chi connectivity index (χ4v) is 3.62. The van der Waals surface area contributed by atoms with Crippen LogP contribution in [0.1, 0.15) is 12.0 Å². The quantitative estimate of drug-likeness (QED) is 0.452. The van der Waals surface area contributed by atoms with Crippen molar-refractivity contribution in [2.75, 3.05) is 35.3 Å². The van der Waals surface area contributed by atoms with E-state index in [0.29, 0.717) is 47.4 Å². The molecule has 0 fully saturated rings. The van der Waals surface area contributed by atoms with Crippen molar-refractivity contribution in [1.29, 1.82) is 0 Å². The maximum atomic E-state index is 12.4. The molecule has 0 bridgehead atoms. The normalized spacial score (nSPS) is 12.5. The Bertz CT molecular complexity index is 1150. The molecule has 0 saturated carbocycles. The lowest BCUT2D eigenvalue weighted by atomic mass is 10.2. The van der Waals surface area contributed by atoms with Crippen molar-refractivity contribution in [3.63, 3.8) is 0 Å². The summed E-state index contributed by atoms with van der Waals surface area (Å²) >= 11 is 5.95. The van der Waals surface area contributed by atoms with Crippen molar-refractivity contribution in [1.82, 2.24) is 0 Å². The van der Waals surface area contributed by atoms with Crippen LogP contribution >= 0.6 is 11.6 Å². The van der Waals surface area contributed by atoms with Crippen LogP contribution in [0.2, 0.25) is 5.02 Å². The van der Waals surface area contributed by atoms with Gasteiger partial charge in [-0.3, -0.25) is 4.79 Å². The molecular weight excluding hydrogens is 442 g/mol. The van der Waals surface area contributed by atoms with Gasteiger partial charge in [-0.15, -0.1) is 0 Å². The van der Waals surface area contributed by atoms with E-state index in [2.05, 4.69) is 10.6 Å². The van der Waals surface area contributed by atoms with Gasteiger partial charge in [0, 0.05) is 29.0 Å². The molecule has 0 unspecified atom stereocenters. The number of halogens is 1. The molecule has 0 aromatic heterocycles. The number of urea groups is 1. The summed E-state index contributed by atoms with van der Waals surface area (Å²) in [5.74, 6) is 1.23. The van der Waals surface area contributed by atoms with Crippen molar-refractivity contribution in [2.24, 2.45) is 0 Å². The molecule has 3 aromatic rings. The Morgan fingerprint density at radius 2 is 1.82 bits per heavy atom. The summed E-state index contributed by atoms with van der Waals surface area (Å²) in [5, 5.41) is 6.02. The maximum Gasteiger partial charge on any atom is 0.323 e. The number of anilines is 3. The van der Waals surface area contributed by atoms with Gasteiger partial charge in [-0.05, 0) is 55.8 Å². The lowest BCUT2D eigenvalue weighted by molar-refractivity contribution is -0.121. The monoisotopic (exact) mass is 465 g/mol. The van der Waals surface area contributed by atoms with E-state index >= 15 is 0 Å². The fraction of sp³-hybridized carbons (Fsp3) is 0.200. The molecule has 170 valence electrons. The van der Waals surface area contributed by atoms with Crippen LogP contribution < -0.4 is 25.0 Å². The second kappa shape index (κ2) is 10.3. The number of ether oxygens (including phenoxy) is 2. The van der Waals surface area contributed by atoms with Crippen molar-refractivity contribution < 1.29 is 19.1 Å². The number of amides is 3. The molecule has 0 saturated heterocycles. The van der Waals surface area contributed by atoms with Crippen molar-refractivity contribution in [3.05, 3.63) is 77.3 Å². The SMILES string of the molecule is Cc1ccc(OCCCN2C(=O)COc3cc(NC(=O)Nc4cccc(Cl)c4)ccc32)cc1. The number of hydrogen-bond acceptors (Lipinski definition) is 4. The second-order valence-corrected chi connectivity index (χ2v) is 8.06. The van der Waals surface area contributed by atoms with Gasteiger partial charge in [0.25, 0.3) is 5.91 Å². The zero-order valence-electron chi connectivity index (χ0n) is 18.1. The van der Waals surface area contributed by atoms with Gasteiger partial charge in [-0.2, -0.15) is 0 Å². The lowest BCUT2D eigenvalue weighted by Gasteiger charge is -2.29. The lowest BCUT2D eigenvalue weighted by Crippen LogP contribution is -2.39. The van der Waals surface area contributed by atoms with Crippen molar-refractivity contribution in [2.45, 2.75) is 13.3 Å². The Hall–Kier alpha value is -3.71. The van der Waals surface area contributed by atoms with Crippen LogP contribution in [0.4, 0.5) is 21.9 Å². The van der Waals surface area contributed by atoms with E-state index in [9.17, 15) is 9.59 Å². The topological polar surface area (TPSA) is 79.9 Å². The van der Waals surface area contributed by atoms with Gasteiger partial charge in [-0.1, -0.05) is 35.4 Å². The molecule has 1 aliphatic heterocycles. The third-order valence-electron chi connectivity index (χ3n) is 5.06. The molecule has 1 heterocycles. The highest BCUT2D eigenvalue weighted by Gasteiger charge is 2.25. The first-order valence-electron chi connectivity index (χ1n) is 10.6. The van der Waals surface area contributed by atoms with E-state index < -0.39 is 6.03 Å². The molecule has 1 aliphatic rings. The van der Waals surface area contributed by atoms with Gasteiger partial charge in [-0.25, -0.2) is 4.79 Å². The Labute approximate surface area is 197 Å². The summed E-state index contributed by atoms with van der Waals surface area (Å²) in [4.78, 5) is 26.4. The fourth-order valence-electron chi connectivity index (χ4n) is 3.43. The van der Waals surface area contributed by atoms with E-state index in [0.717, 1.165) is 5.75 Å². The Kier molecular flexibility index (Phi) is 7.00. The second-order valence-electron chi connectivity index (χ2n) is 7.62. The van der Waals surface area contributed by atoms with Gasteiger partial charge in [0.15, 0.2) is 6.61 Å². The Balaban J connectivity index is 1.34. The number of fused-ring (bicyclic) bond motifs is 1. The van der Waals surface area contributed by atoms with Gasteiger partial charge in [0.1, 0.15) is 11.5 Å². The molecule has 4 rings (SSSR count). The zero-order chi connectivity index (χ0) is 23.2. The minimum absolute atomic E-state index is 0.0516. The van der Waals surface area contributed by atoms with E-state index in [1.54, 1.807) is 47.4 Å². The van der Waals surface area contributed by atoms with E-state index in [4.69, 9.17) is 21.1 Å². The largest absolute Gasteiger partial charge is 0.494 e. The van der Waals surface area contributed by atoms with E-state index in [1.807, 2.05) is 31.2 Å². The van der Waals surface area contributed by atoms with Gasteiger partial charge in [0.05, 0.1) is 12.3 Å². The Morgan fingerprint density at radius 3 is 2.58 bits per heavy atom. The number of carbonyl (C=O) groups is 2. The first-order valence-corrected chi connectivity index (χ1v) is 11.0. The molecule has 3 amide bonds. The van der Waals surface area contributed by atoms with E-state index in [1.165, 1.54) is 5.56 Å². The summed E-state index contributed by atoms with van der Waals surface area (Å²) in [7, 11) is 0. The molecular formula is C25H24ClN3O4. The first kappa shape index (κ1) is 22.5. The molecule has 0 radical (unpaired) electrons. The average molecular weight is 466 g/mol. The molecule has 8 heteroatoms. The summed E-state index contributed by atoms with van der Waals surface area (Å²) in [6.07, 6.45) is 0.668. The standard InChI is InChI=1S/C25H24ClN3O4/c1-17-6-9-21(10-7-17)32-13-3-12-29-22-11-8-20(15-23(22)33-16-24(29)30)28-25(31)27-19-5-2-4-18(26)14-19/h2,4-11,14-15H,3,12-13,16H2,1H3,(H2,27,28,31). The predicted molar refractivity (Wildman–Crippen MR) is 130 cm³/mol. The number of benzene rings is 3. The molecule has 3 aromatic carbocycles. The van der Waals surface area contributed by atoms with Crippen LogP contribution in [-0.4, -0.2) is 31.7 Å². The van der Waals surface area contributed by atoms with Crippen LogP contribution in [0.25, 0.3) is 0 Å². The number of aryl methyl sites for hydroxylation is 1. The summed E-state index contributed by atoms with van der Waals surface area (Å²) in [6, 6.07) is 19.5. The third-order valence-corrected chi connectivity index (χ3v) is 5.29. The molecule has 7 nitrogen and oxygen atoms in total. The average Bonchev–Trinajstić information content (AvgIpc) is 2.79. The van der Waals surface area contributed by atoms with Crippen molar-refractivity contribution >= 4 is 40.6 Å². The third kappa shape index (κ3) is 5.96. The van der Waals surface area contributed by atoms with E-state index in [-0.39, 0.29) is 12.5 Å². The molecule has 33 heavy (non-hydrogen) atoms. The molecule has 2 N–H and O–H groups in total. The summed E-state index contributed by atoms with van der Waals surface area (Å²) in [5.41, 5.74) is 2.97. The number of hydrogen-bond donors (Lipinski definition) is 2. The Morgan fingerprint density at radius 1 is 1.06 bits per heavy atom. The van der Waals surface area contributed by atoms with Crippen LogP contribution in [0, 0.1) is 6.92 Å². The van der Waals surface area contributed by atoms with Crippen LogP contribution in [0.3, 0.4) is 0 Å². The summed E-state index contributed by atoms with van der Waals surface area (Å²) < 4.78 is 11.4. The van der Waals surface area contributed by atoms with Crippen LogP contribution in [-0.2, 0) is 4.79 Å². The summed E-state index contributed by atoms with van der Waals surface area (Å²) in [6.45, 7) is 2.97. The predicted octanol–water partition coefficient (Wildman–Crippen LogP) is 5.49. The molecule has 0 atom stereocenters. The zero-order valence-corrected chi connectivity index (χ0v) is 18.9. The van der Waals surface area contributed by atoms with Crippen LogP contribution in [0.5, 0.6) is 11.5 Å². The van der Waals surface area contributed by atoms with Crippen LogP contribution in [0.15, 0.2) is 66.7 Å². The van der Waals surface area contributed by atoms with Gasteiger partial charge >= 0.3 is 6.03 Å². The van der Waals surface area contributed by atoms with Crippen molar-refractivity contribution in [3.8, 4) is 11.5 Å². The number of carbonyl (C=O) groups excluding carboxylic acids is 2. The molecule has 0 aliphatic carbocycles. The smallest absolute Gasteiger partial charge is 0.323 e. The maximum absolute atomic E-state index is 12.4. The number of nitrogens with one attached hydrogen (secondary N) is 2. The highest BCUT2D eigenvalue weighted by molar-refractivity contribution is 6.30. The number of nitrogens with zero attached hydrogens (tertiary/aromatic N) is 1. The minimum atomic E-state index is -0.408.